The first-order valence-electron chi connectivity index (χ1n) is 9.30. The molecule has 2 atom stereocenters. The lowest BCUT2D eigenvalue weighted by Crippen LogP contribution is -2.51. The van der Waals surface area contributed by atoms with Crippen LogP contribution in [0, 0.1) is 5.41 Å². The van der Waals surface area contributed by atoms with Gasteiger partial charge in [0.2, 0.25) is 11.8 Å². The normalized spacial score (nSPS) is 28.7. The van der Waals surface area contributed by atoms with Crippen LogP contribution in [0.1, 0.15) is 32.1 Å². The van der Waals surface area contributed by atoms with E-state index in [0.29, 0.717) is 52.5 Å². The van der Waals surface area contributed by atoms with E-state index in [4.69, 9.17) is 14.2 Å². The first-order valence-corrected chi connectivity index (χ1v) is 9.30. The van der Waals surface area contributed by atoms with Gasteiger partial charge in [-0.05, 0) is 25.7 Å². The van der Waals surface area contributed by atoms with Gasteiger partial charge in [0.1, 0.15) is 0 Å². The summed E-state index contributed by atoms with van der Waals surface area (Å²) in [5.74, 6) is 0.0949. The molecule has 2 unspecified atom stereocenters. The highest BCUT2D eigenvalue weighted by molar-refractivity contribution is 5.89. The molecule has 0 aromatic rings. The van der Waals surface area contributed by atoms with Gasteiger partial charge in [0, 0.05) is 46.9 Å². The second-order valence-corrected chi connectivity index (χ2v) is 7.53. The molecule has 0 aromatic heterocycles. The molecule has 3 aliphatic rings. The third kappa shape index (κ3) is 3.99. The summed E-state index contributed by atoms with van der Waals surface area (Å²) in [5, 5.41) is 0. The highest BCUT2D eigenvalue weighted by Gasteiger charge is 2.46. The zero-order valence-corrected chi connectivity index (χ0v) is 15.4. The lowest BCUT2D eigenvalue weighted by molar-refractivity contribution is -0.155. The number of hydrogen-bond acceptors (Lipinski definition) is 5. The van der Waals surface area contributed by atoms with E-state index < -0.39 is 5.41 Å². The molecule has 3 fully saturated rings. The average Bonchev–Trinajstić information content (AvgIpc) is 3.34. The van der Waals surface area contributed by atoms with E-state index in [1.54, 1.807) is 4.90 Å². The monoisotopic (exact) mass is 354 g/mol. The Labute approximate surface area is 149 Å². The maximum Gasteiger partial charge on any atom is 0.229 e. The summed E-state index contributed by atoms with van der Waals surface area (Å²) in [5.41, 5.74) is -0.652. The molecule has 25 heavy (non-hydrogen) atoms. The van der Waals surface area contributed by atoms with Gasteiger partial charge in [0.15, 0.2) is 0 Å². The quantitative estimate of drug-likeness (QED) is 0.726. The van der Waals surface area contributed by atoms with Gasteiger partial charge in [-0.3, -0.25) is 9.59 Å². The fourth-order valence-corrected chi connectivity index (χ4v) is 4.04. The van der Waals surface area contributed by atoms with Gasteiger partial charge >= 0.3 is 0 Å². The summed E-state index contributed by atoms with van der Waals surface area (Å²) in [4.78, 5) is 29.8. The third-order valence-electron chi connectivity index (χ3n) is 6.01. The minimum atomic E-state index is -0.652. The van der Waals surface area contributed by atoms with E-state index in [1.165, 1.54) is 0 Å². The Balaban J connectivity index is 1.71. The molecule has 3 heterocycles. The molecule has 7 nitrogen and oxygen atoms in total. The lowest BCUT2D eigenvalue weighted by Gasteiger charge is -2.40. The average molecular weight is 354 g/mol. The Morgan fingerprint density at radius 3 is 1.96 bits per heavy atom. The number of amides is 2. The van der Waals surface area contributed by atoms with Crippen molar-refractivity contribution in [1.29, 1.82) is 0 Å². The molecule has 3 aliphatic heterocycles. The van der Waals surface area contributed by atoms with Crippen LogP contribution in [0.4, 0.5) is 0 Å². The van der Waals surface area contributed by atoms with Crippen LogP contribution in [0.3, 0.4) is 0 Å². The van der Waals surface area contributed by atoms with Gasteiger partial charge < -0.3 is 24.0 Å². The Morgan fingerprint density at radius 2 is 1.44 bits per heavy atom. The van der Waals surface area contributed by atoms with Crippen LogP contribution in [-0.4, -0.2) is 87.4 Å². The minimum Gasteiger partial charge on any atom is -0.381 e. The fraction of sp³-hybridized carbons (Fsp3) is 0.889. The zero-order chi connectivity index (χ0) is 17.9. The molecule has 2 amide bonds. The lowest BCUT2D eigenvalue weighted by atomic mass is 9.75. The van der Waals surface area contributed by atoms with Crippen molar-refractivity contribution in [2.24, 2.45) is 5.41 Å². The Hall–Kier alpha value is -1.18. The highest BCUT2D eigenvalue weighted by atomic mass is 16.5. The van der Waals surface area contributed by atoms with Crippen molar-refractivity contribution in [2.75, 3.05) is 53.7 Å². The molecular formula is C18H30N2O5. The first kappa shape index (κ1) is 18.6. The number of likely N-dealkylation sites (N-methyl/N-ethyl adjacent to an activating group) is 2. The summed E-state index contributed by atoms with van der Waals surface area (Å²) in [6, 6.07) is 0.240. The standard InChI is InChI=1S/C18H30N2O5/c1-19(14-3-7-24-12-14)16(21)11-18(5-9-23-10-6-18)17(22)20(2)15-4-8-25-13-15/h14-15H,3-13H2,1-2H3. The number of rotatable bonds is 5. The summed E-state index contributed by atoms with van der Waals surface area (Å²) in [7, 11) is 3.67. The third-order valence-corrected chi connectivity index (χ3v) is 6.01. The van der Waals surface area contributed by atoms with Crippen LogP contribution in [-0.2, 0) is 23.8 Å². The molecule has 0 N–H and O–H groups in total. The number of carbonyl (C=O) groups is 2. The van der Waals surface area contributed by atoms with Crippen LogP contribution in [0.25, 0.3) is 0 Å². The number of ether oxygens (including phenoxy) is 3. The molecule has 3 saturated heterocycles. The Kier molecular flexibility index (Phi) is 5.96. The fourth-order valence-electron chi connectivity index (χ4n) is 4.04. The van der Waals surface area contributed by atoms with Crippen molar-refractivity contribution in [3.63, 3.8) is 0 Å². The smallest absolute Gasteiger partial charge is 0.229 e. The van der Waals surface area contributed by atoms with Crippen molar-refractivity contribution in [1.82, 2.24) is 9.80 Å². The molecule has 0 aromatic carbocycles. The van der Waals surface area contributed by atoms with Crippen LogP contribution in [0.5, 0.6) is 0 Å². The maximum absolute atomic E-state index is 13.3. The summed E-state index contributed by atoms with van der Waals surface area (Å²) in [6.07, 6.45) is 3.18. The van der Waals surface area contributed by atoms with E-state index >= 15 is 0 Å². The first-order chi connectivity index (χ1) is 12.0. The van der Waals surface area contributed by atoms with Crippen molar-refractivity contribution in [3.05, 3.63) is 0 Å². The molecule has 142 valence electrons. The van der Waals surface area contributed by atoms with E-state index in [-0.39, 0.29) is 30.3 Å². The second kappa shape index (κ2) is 8.01. The van der Waals surface area contributed by atoms with Crippen molar-refractivity contribution in [3.8, 4) is 0 Å². The number of nitrogens with zero attached hydrogens (tertiary/aromatic N) is 2. The van der Waals surface area contributed by atoms with Crippen LogP contribution >= 0.6 is 0 Å². The summed E-state index contributed by atoms with van der Waals surface area (Å²) in [6.45, 7) is 3.63. The predicted molar refractivity (Wildman–Crippen MR) is 91.1 cm³/mol. The van der Waals surface area contributed by atoms with Gasteiger partial charge in [-0.15, -0.1) is 0 Å². The van der Waals surface area contributed by atoms with Gasteiger partial charge in [-0.25, -0.2) is 0 Å². The van der Waals surface area contributed by atoms with Crippen LogP contribution in [0.15, 0.2) is 0 Å². The van der Waals surface area contributed by atoms with Gasteiger partial charge in [0.25, 0.3) is 0 Å². The van der Waals surface area contributed by atoms with Gasteiger partial charge in [0.05, 0.1) is 30.7 Å². The summed E-state index contributed by atoms with van der Waals surface area (Å²) < 4.78 is 16.3. The van der Waals surface area contributed by atoms with Crippen molar-refractivity contribution < 1.29 is 23.8 Å². The molecule has 0 saturated carbocycles. The molecule has 0 bridgehead atoms. The van der Waals surface area contributed by atoms with Crippen LogP contribution < -0.4 is 0 Å². The van der Waals surface area contributed by atoms with Crippen LogP contribution in [0.2, 0.25) is 0 Å². The SMILES string of the molecule is CN(C(=O)CC1(C(=O)N(C)C2CCOC2)CCOCC1)C1CCOC1. The molecule has 0 radical (unpaired) electrons. The van der Waals surface area contributed by atoms with E-state index in [9.17, 15) is 9.59 Å². The van der Waals surface area contributed by atoms with Gasteiger partial charge in [-0.2, -0.15) is 0 Å². The molecule has 0 spiro atoms. The number of hydrogen-bond donors (Lipinski definition) is 0. The van der Waals surface area contributed by atoms with Crippen molar-refractivity contribution >= 4 is 11.8 Å². The maximum atomic E-state index is 13.3. The second-order valence-electron chi connectivity index (χ2n) is 7.53. The Bertz CT molecular complexity index is 480. The molecule has 0 aliphatic carbocycles. The predicted octanol–water partition coefficient (Wildman–Crippen LogP) is 0.668. The minimum absolute atomic E-state index is 0.0295. The topological polar surface area (TPSA) is 68.3 Å². The van der Waals surface area contributed by atoms with E-state index in [1.807, 2.05) is 19.0 Å². The van der Waals surface area contributed by atoms with E-state index in [2.05, 4.69) is 0 Å². The molecule has 3 rings (SSSR count). The molecular weight excluding hydrogens is 324 g/mol. The van der Waals surface area contributed by atoms with Gasteiger partial charge in [-0.1, -0.05) is 0 Å². The molecule has 7 heteroatoms. The zero-order valence-electron chi connectivity index (χ0n) is 15.4. The van der Waals surface area contributed by atoms with E-state index in [0.717, 1.165) is 12.8 Å². The largest absolute Gasteiger partial charge is 0.381 e. The van der Waals surface area contributed by atoms with Crippen molar-refractivity contribution in [2.45, 2.75) is 44.2 Å². The summed E-state index contributed by atoms with van der Waals surface area (Å²) >= 11 is 0. The highest BCUT2D eigenvalue weighted by Crippen LogP contribution is 2.38. The number of carbonyl (C=O) groups excluding carboxylic acids is 2. The Morgan fingerprint density at radius 1 is 0.880 bits per heavy atom.